The number of anilines is 2. The lowest BCUT2D eigenvalue weighted by Gasteiger charge is -2.19. The minimum Gasteiger partial charge on any atom is -0.497 e. The molecule has 0 unspecified atom stereocenters. The van der Waals surface area contributed by atoms with Gasteiger partial charge in [-0.1, -0.05) is 37.1 Å². The molecule has 0 aromatic heterocycles. The van der Waals surface area contributed by atoms with Gasteiger partial charge in [-0.2, -0.15) is 0 Å². The van der Waals surface area contributed by atoms with E-state index in [4.69, 9.17) is 9.47 Å². The predicted molar refractivity (Wildman–Crippen MR) is 130 cm³/mol. The summed E-state index contributed by atoms with van der Waals surface area (Å²) in [6.45, 7) is 0.223. The van der Waals surface area contributed by atoms with Gasteiger partial charge >= 0.3 is 5.97 Å². The smallest absolute Gasteiger partial charge is 0.305 e. The Kier molecular flexibility index (Phi) is 9.22. The molecule has 2 bridgehead atoms. The number of amides is 2. The van der Waals surface area contributed by atoms with Crippen molar-refractivity contribution in [2.75, 3.05) is 31.5 Å². The molecule has 0 saturated carbocycles. The van der Waals surface area contributed by atoms with E-state index in [9.17, 15) is 14.4 Å². The first-order chi connectivity index (χ1) is 16.5. The van der Waals surface area contributed by atoms with E-state index in [2.05, 4.69) is 15.4 Å². The summed E-state index contributed by atoms with van der Waals surface area (Å²) in [4.78, 5) is 37.2. The third-order valence-electron chi connectivity index (χ3n) is 5.43. The van der Waals surface area contributed by atoms with Gasteiger partial charge in [-0.15, -0.1) is 0 Å². The third-order valence-corrected chi connectivity index (χ3v) is 5.43. The van der Waals surface area contributed by atoms with Crippen LogP contribution in [0.1, 0.15) is 48.0 Å². The van der Waals surface area contributed by atoms with Gasteiger partial charge in [0.15, 0.2) is 0 Å². The number of hydrogen-bond donors (Lipinski definition) is 2. The van der Waals surface area contributed by atoms with E-state index in [-0.39, 0.29) is 24.4 Å². The zero-order valence-corrected chi connectivity index (χ0v) is 19.5. The topological polar surface area (TPSA) is 103 Å². The van der Waals surface area contributed by atoms with Crippen LogP contribution in [-0.4, -0.2) is 44.7 Å². The zero-order valence-electron chi connectivity index (χ0n) is 19.5. The van der Waals surface area contributed by atoms with Gasteiger partial charge in [0.25, 0.3) is 11.8 Å². The molecule has 0 fully saturated rings. The van der Waals surface area contributed by atoms with Crippen molar-refractivity contribution >= 4 is 35.2 Å². The monoisotopic (exact) mass is 466 g/mol. The second kappa shape index (κ2) is 12.6. The average Bonchev–Trinajstić information content (AvgIpc) is 2.85. The van der Waals surface area contributed by atoms with Crippen molar-refractivity contribution in [3.63, 3.8) is 0 Å². The van der Waals surface area contributed by atoms with Gasteiger partial charge in [-0.05, 0) is 48.7 Å². The maximum absolute atomic E-state index is 13.0. The molecule has 8 nitrogen and oxygen atoms in total. The van der Waals surface area contributed by atoms with Gasteiger partial charge in [0.2, 0.25) is 0 Å². The first kappa shape index (κ1) is 25.0. The summed E-state index contributed by atoms with van der Waals surface area (Å²) in [7, 11) is 2.92. The Morgan fingerprint density at radius 2 is 1.79 bits per heavy atom. The molecule has 0 aliphatic carbocycles. The van der Waals surface area contributed by atoms with Crippen LogP contribution in [0.15, 0.2) is 48.5 Å². The minimum absolute atomic E-state index is 0.223. The van der Waals surface area contributed by atoms with Crippen molar-refractivity contribution in [2.45, 2.75) is 38.2 Å². The Bertz CT molecular complexity index is 1050. The maximum atomic E-state index is 13.0. The highest BCUT2D eigenvalue weighted by molar-refractivity contribution is 6.08. The van der Waals surface area contributed by atoms with E-state index >= 15 is 0 Å². The molecule has 2 amide bonds. The summed E-state index contributed by atoms with van der Waals surface area (Å²) in [6.07, 6.45) is 5.97. The second-order valence-electron chi connectivity index (χ2n) is 7.88. The summed E-state index contributed by atoms with van der Waals surface area (Å²) in [6, 6.07) is 12.3. The second-order valence-corrected chi connectivity index (χ2v) is 7.88. The van der Waals surface area contributed by atoms with Crippen LogP contribution in [0, 0.1) is 0 Å². The average molecular weight is 467 g/mol. The number of nitrogens with one attached hydrogen (secondary N) is 2. The molecule has 8 heteroatoms. The Hall–Kier alpha value is -3.65. The van der Waals surface area contributed by atoms with Crippen LogP contribution >= 0.6 is 0 Å². The molecule has 0 spiro atoms. The Morgan fingerprint density at radius 1 is 1.03 bits per heavy atom. The van der Waals surface area contributed by atoms with E-state index < -0.39 is 6.10 Å². The Balaban J connectivity index is 1.80. The van der Waals surface area contributed by atoms with E-state index in [1.54, 1.807) is 49.6 Å². The SMILES string of the molecule is COC(=O)CCCCC[C@H]1OC/C=C\c2cc(OC)cc(c2)C(=O)Nc2ccccc2NC1=O. The molecular weight excluding hydrogens is 436 g/mol. The van der Waals surface area contributed by atoms with Crippen molar-refractivity contribution in [3.8, 4) is 5.75 Å². The van der Waals surface area contributed by atoms with Crippen LogP contribution in [-0.2, 0) is 19.1 Å². The highest BCUT2D eigenvalue weighted by Gasteiger charge is 2.21. The molecule has 2 N–H and O–H groups in total. The Labute approximate surface area is 199 Å². The third kappa shape index (κ3) is 7.18. The fourth-order valence-electron chi connectivity index (χ4n) is 3.60. The minimum atomic E-state index is -0.685. The molecule has 0 saturated heterocycles. The quantitative estimate of drug-likeness (QED) is 0.463. The number of methoxy groups -OCH3 is 2. The molecule has 1 heterocycles. The van der Waals surface area contributed by atoms with E-state index in [1.807, 2.05) is 12.1 Å². The van der Waals surface area contributed by atoms with Crippen LogP contribution in [0.25, 0.3) is 6.08 Å². The van der Waals surface area contributed by atoms with Gasteiger partial charge < -0.3 is 24.8 Å². The van der Waals surface area contributed by atoms with Crippen molar-refractivity contribution in [1.82, 2.24) is 0 Å². The predicted octanol–water partition coefficient (Wildman–Crippen LogP) is 4.42. The maximum Gasteiger partial charge on any atom is 0.305 e. The molecule has 1 aliphatic heterocycles. The number of ether oxygens (including phenoxy) is 3. The normalized spacial score (nSPS) is 16.9. The molecule has 2 aromatic carbocycles. The summed E-state index contributed by atoms with van der Waals surface area (Å²) >= 11 is 0. The van der Waals surface area contributed by atoms with Gasteiger partial charge in [0.05, 0.1) is 32.2 Å². The van der Waals surface area contributed by atoms with Crippen LogP contribution in [0.5, 0.6) is 5.75 Å². The van der Waals surface area contributed by atoms with E-state index in [0.29, 0.717) is 42.0 Å². The van der Waals surface area contributed by atoms with Gasteiger partial charge in [0.1, 0.15) is 11.9 Å². The van der Waals surface area contributed by atoms with Gasteiger partial charge in [-0.3, -0.25) is 14.4 Å². The van der Waals surface area contributed by atoms with E-state index in [1.165, 1.54) is 7.11 Å². The fraction of sp³-hybridized carbons (Fsp3) is 0.346. The van der Waals surface area contributed by atoms with Crippen LogP contribution in [0.3, 0.4) is 0 Å². The first-order valence-electron chi connectivity index (χ1n) is 11.3. The highest BCUT2D eigenvalue weighted by atomic mass is 16.5. The molecule has 1 atom stereocenters. The molecule has 180 valence electrons. The van der Waals surface area contributed by atoms with Crippen molar-refractivity contribution in [1.29, 1.82) is 0 Å². The molecule has 2 aromatic rings. The summed E-state index contributed by atoms with van der Waals surface area (Å²) in [5, 5.41) is 5.75. The molecule has 1 aliphatic rings. The molecule has 3 rings (SSSR count). The first-order valence-corrected chi connectivity index (χ1v) is 11.3. The van der Waals surface area contributed by atoms with Gasteiger partial charge in [0, 0.05) is 12.0 Å². The number of fused-ring (bicyclic) bond motifs is 3. The number of unbranched alkanes of at least 4 members (excludes halogenated alkanes) is 2. The van der Waals surface area contributed by atoms with Crippen LogP contribution in [0.4, 0.5) is 11.4 Å². The lowest BCUT2D eigenvalue weighted by atomic mass is 10.1. The number of carbonyl (C=O) groups is 3. The molecule has 0 radical (unpaired) electrons. The van der Waals surface area contributed by atoms with Crippen molar-refractivity contribution < 1.29 is 28.6 Å². The number of hydrogen-bond acceptors (Lipinski definition) is 6. The van der Waals surface area contributed by atoms with Crippen molar-refractivity contribution in [2.24, 2.45) is 0 Å². The van der Waals surface area contributed by atoms with E-state index in [0.717, 1.165) is 18.4 Å². The number of carbonyl (C=O) groups excluding carboxylic acids is 3. The zero-order chi connectivity index (χ0) is 24.3. The number of para-hydroxylation sites is 2. The summed E-state index contributed by atoms with van der Waals surface area (Å²) < 4.78 is 15.9. The summed E-state index contributed by atoms with van der Waals surface area (Å²) in [5.41, 5.74) is 2.18. The number of benzene rings is 2. The number of esters is 1. The highest BCUT2D eigenvalue weighted by Crippen LogP contribution is 2.25. The number of rotatable bonds is 7. The Morgan fingerprint density at radius 3 is 2.53 bits per heavy atom. The van der Waals surface area contributed by atoms with Gasteiger partial charge in [-0.25, -0.2) is 0 Å². The van der Waals surface area contributed by atoms with Crippen molar-refractivity contribution in [3.05, 3.63) is 59.7 Å². The van der Waals surface area contributed by atoms with Crippen LogP contribution < -0.4 is 15.4 Å². The lowest BCUT2D eigenvalue weighted by Crippen LogP contribution is -2.31. The van der Waals surface area contributed by atoms with Crippen LogP contribution in [0.2, 0.25) is 0 Å². The lowest BCUT2D eigenvalue weighted by molar-refractivity contribution is -0.140. The molecule has 34 heavy (non-hydrogen) atoms. The summed E-state index contributed by atoms with van der Waals surface area (Å²) in [5.74, 6) is -0.283. The largest absolute Gasteiger partial charge is 0.497 e. The fourth-order valence-corrected chi connectivity index (χ4v) is 3.60. The molecular formula is C26H30N2O6. The standard InChI is InChI=1S/C26H30N2O6/c1-32-20-16-18-9-8-14-34-23(12-4-3-5-13-24(29)33-2)26(31)28-22-11-7-6-10-21(22)27-25(30)19(15-18)17-20/h6-11,15-17,23H,3-5,12-14H2,1-2H3,(H,27,30)(H,28,31)/b9-8-/t23-/m1/s1.